The van der Waals surface area contributed by atoms with Gasteiger partial charge in [0.05, 0.1) is 32.7 Å². The summed E-state index contributed by atoms with van der Waals surface area (Å²) in [5, 5.41) is 26.2. The number of nitrogens with one attached hydrogen (secondary N) is 1. The van der Waals surface area contributed by atoms with Gasteiger partial charge in [-0.05, 0) is 30.5 Å². The molecule has 0 aromatic heterocycles. The molecular weight excluding hydrogens is 356 g/mol. The number of carbonyl (C=O) groups excluding carboxylic acids is 1. The maximum Gasteiger partial charge on any atom is 0.316 e. The van der Waals surface area contributed by atoms with E-state index >= 15 is 0 Å². The van der Waals surface area contributed by atoms with Crippen molar-refractivity contribution >= 4 is 11.7 Å². The van der Waals surface area contributed by atoms with Crippen LogP contribution in [0.1, 0.15) is 25.3 Å². The molecular formula is C22H29N2O4+. The lowest BCUT2D eigenvalue weighted by molar-refractivity contribution is -0.944. The van der Waals surface area contributed by atoms with Gasteiger partial charge in [-0.15, -0.1) is 0 Å². The minimum Gasteiger partial charge on any atom is -0.468 e. The summed E-state index contributed by atoms with van der Waals surface area (Å²) in [5.41, 5.74) is 0.476. The summed E-state index contributed by atoms with van der Waals surface area (Å²) >= 11 is 0. The number of hydrogen-bond donors (Lipinski definition) is 3. The van der Waals surface area contributed by atoms with Crippen molar-refractivity contribution in [1.29, 1.82) is 0 Å². The van der Waals surface area contributed by atoms with Crippen LogP contribution < -0.4 is 5.32 Å². The van der Waals surface area contributed by atoms with Crippen LogP contribution in [-0.2, 0) is 14.9 Å². The molecule has 6 nitrogen and oxygen atoms in total. The van der Waals surface area contributed by atoms with E-state index in [1.807, 2.05) is 25.1 Å². The number of carbonyl (C=O) groups is 1. The molecule has 1 saturated carbocycles. The Kier molecular flexibility index (Phi) is 3.49. The van der Waals surface area contributed by atoms with Gasteiger partial charge in [0.15, 0.2) is 0 Å². The molecule has 4 bridgehead atoms. The minimum atomic E-state index is -1.13. The van der Waals surface area contributed by atoms with Crippen LogP contribution in [0.2, 0.25) is 0 Å². The number of aliphatic hydroxyl groups excluding tert-OH is 2. The Morgan fingerprint density at radius 1 is 1.43 bits per heavy atom. The number of esters is 1. The Morgan fingerprint density at radius 2 is 2.18 bits per heavy atom. The van der Waals surface area contributed by atoms with Gasteiger partial charge in [-0.25, -0.2) is 0 Å². The quantitative estimate of drug-likeness (QED) is 0.407. The van der Waals surface area contributed by atoms with Gasteiger partial charge in [-0.3, -0.25) is 9.28 Å². The third-order valence-electron chi connectivity index (χ3n) is 8.64. The Bertz CT molecular complexity index is 900. The summed E-state index contributed by atoms with van der Waals surface area (Å²) in [6.45, 7) is 3.26. The highest BCUT2D eigenvalue weighted by Crippen LogP contribution is 2.74. The Balaban J connectivity index is 1.96. The molecule has 1 spiro atoms. The number of nitrogens with zero attached hydrogens (tertiary/aromatic N) is 1. The second kappa shape index (κ2) is 5.38. The molecule has 0 radical (unpaired) electrons. The number of benzene rings is 1. The van der Waals surface area contributed by atoms with Crippen LogP contribution >= 0.6 is 0 Å². The number of fused-ring (bicyclic) bond motifs is 3. The van der Waals surface area contributed by atoms with Crippen molar-refractivity contribution in [2.75, 3.05) is 39.2 Å². The van der Waals surface area contributed by atoms with Gasteiger partial charge in [0.1, 0.15) is 18.1 Å². The number of hydrogen-bond acceptors (Lipinski definition) is 5. The summed E-state index contributed by atoms with van der Waals surface area (Å²) < 4.78 is 5.98. The normalized spacial score (nSPS) is 46.7. The van der Waals surface area contributed by atoms with Crippen molar-refractivity contribution in [2.45, 2.75) is 36.9 Å². The highest BCUT2D eigenvalue weighted by Gasteiger charge is 2.88. The SMILES string of the molecule is C/C=C1\C[N+]2(C)CC[C@@]34c5ccccc5NC32C(O)C[C@H]1C4(CO)C(=O)OC. The monoisotopic (exact) mass is 385 g/mol. The number of para-hydroxylation sites is 1. The fourth-order valence-corrected chi connectivity index (χ4v) is 7.70. The first-order valence-corrected chi connectivity index (χ1v) is 10.1. The molecule has 28 heavy (non-hydrogen) atoms. The second-order valence-electron chi connectivity index (χ2n) is 9.16. The molecule has 150 valence electrons. The van der Waals surface area contributed by atoms with Gasteiger partial charge in [0, 0.05) is 18.0 Å². The van der Waals surface area contributed by atoms with Crippen molar-refractivity contribution < 1.29 is 24.2 Å². The highest BCUT2D eigenvalue weighted by atomic mass is 16.5. The summed E-state index contributed by atoms with van der Waals surface area (Å²) in [4.78, 5) is 13.5. The Hall–Kier alpha value is -1.89. The van der Waals surface area contributed by atoms with Crippen LogP contribution in [-0.4, -0.2) is 66.3 Å². The molecule has 6 atom stereocenters. The first-order valence-electron chi connectivity index (χ1n) is 10.1. The largest absolute Gasteiger partial charge is 0.468 e. The fourth-order valence-electron chi connectivity index (χ4n) is 7.70. The number of anilines is 1. The number of methoxy groups -OCH3 is 1. The van der Waals surface area contributed by atoms with E-state index < -0.39 is 22.6 Å². The number of rotatable bonds is 2. The predicted octanol–water partition coefficient (Wildman–Crippen LogP) is 1.39. The molecule has 6 rings (SSSR count). The minimum absolute atomic E-state index is 0.258. The standard InChI is InChI=1S/C22H29N2O4/c1-4-14-12-24(2)10-9-21-15-7-5-6-8-17(15)23-22(21,24)18(26)11-16(14)20(21,13-25)19(27)28-3/h4-8,16,18,23,25-26H,9-13H2,1-3H3/q+1/b14-4+/t16-,18?,20?,21+,22?,24?/m1/s1. The molecule has 4 aliphatic heterocycles. The van der Waals surface area contributed by atoms with Crippen LogP contribution in [0.5, 0.6) is 0 Å². The van der Waals surface area contributed by atoms with Crippen LogP contribution in [0.15, 0.2) is 35.9 Å². The molecule has 1 aliphatic carbocycles. The van der Waals surface area contributed by atoms with Crippen LogP contribution in [0.3, 0.4) is 0 Å². The zero-order valence-electron chi connectivity index (χ0n) is 16.7. The molecule has 3 N–H and O–H groups in total. The summed E-state index contributed by atoms with van der Waals surface area (Å²) in [5.74, 6) is -0.629. The molecule has 6 heteroatoms. The maximum atomic E-state index is 13.5. The van der Waals surface area contributed by atoms with Crippen LogP contribution in [0.4, 0.5) is 5.69 Å². The van der Waals surface area contributed by atoms with Gasteiger partial charge in [0.2, 0.25) is 5.66 Å². The predicted molar refractivity (Wildman–Crippen MR) is 104 cm³/mol. The molecule has 4 unspecified atom stereocenters. The summed E-state index contributed by atoms with van der Waals surface area (Å²) in [6.07, 6.45) is 2.59. The topological polar surface area (TPSA) is 78.8 Å². The summed E-state index contributed by atoms with van der Waals surface area (Å²) in [6, 6.07) is 8.04. The van der Waals surface area contributed by atoms with E-state index in [2.05, 4.69) is 24.5 Å². The highest BCUT2D eigenvalue weighted by molar-refractivity contribution is 5.85. The molecule has 0 amide bonds. The van der Waals surface area contributed by atoms with Gasteiger partial charge in [0.25, 0.3) is 0 Å². The number of aliphatic hydroxyl groups is 2. The zero-order valence-corrected chi connectivity index (χ0v) is 16.7. The maximum absolute atomic E-state index is 13.5. The first-order chi connectivity index (χ1) is 13.4. The number of ether oxygens (including phenoxy) is 1. The molecule has 1 aromatic carbocycles. The van der Waals surface area contributed by atoms with Gasteiger partial charge in [-0.1, -0.05) is 24.3 Å². The number of allylic oxidation sites excluding steroid dienone is 1. The zero-order chi connectivity index (χ0) is 19.9. The molecule has 3 saturated heterocycles. The molecule has 4 heterocycles. The van der Waals surface area contributed by atoms with E-state index in [0.717, 1.165) is 29.9 Å². The van der Waals surface area contributed by atoms with E-state index in [-0.39, 0.29) is 18.5 Å². The van der Waals surface area contributed by atoms with Crippen LogP contribution in [0, 0.1) is 11.3 Å². The number of likely N-dealkylation sites (N-methyl/N-ethyl adjacent to an activating group) is 1. The Labute approximate surface area is 165 Å². The summed E-state index contributed by atoms with van der Waals surface area (Å²) in [7, 11) is 3.59. The van der Waals surface area contributed by atoms with Crippen molar-refractivity contribution in [3.05, 3.63) is 41.5 Å². The smallest absolute Gasteiger partial charge is 0.316 e. The van der Waals surface area contributed by atoms with Crippen molar-refractivity contribution in [2.24, 2.45) is 11.3 Å². The van der Waals surface area contributed by atoms with Crippen LogP contribution in [0.25, 0.3) is 0 Å². The first kappa shape index (κ1) is 18.2. The lowest BCUT2D eigenvalue weighted by Crippen LogP contribution is -2.78. The van der Waals surface area contributed by atoms with Crippen molar-refractivity contribution in [3.8, 4) is 0 Å². The third-order valence-corrected chi connectivity index (χ3v) is 8.64. The van der Waals surface area contributed by atoms with E-state index in [1.165, 1.54) is 7.11 Å². The second-order valence-corrected chi connectivity index (χ2v) is 9.16. The molecule has 1 aromatic rings. The van der Waals surface area contributed by atoms with E-state index in [0.29, 0.717) is 17.3 Å². The average Bonchev–Trinajstić information content (AvgIpc) is 3.12. The van der Waals surface area contributed by atoms with Gasteiger partial charge >= 0.3 is 5.97 Å². The van der Waals surface area contributed by atoms with E-state index in [9.17, 15) is 15.0 Å². The van der Waals surface area contributed by atoms with E-state index in [1.54, 1.807) is 0 Å². The average molecular weight is 385 g/mol. The van der Waals surface area contributed by atoms with Crippen molar-refractivity contribution in [3.63, 3.8) is 0 Å². The van der Waals surface area contributed by atoms with E-state index in [4.69, 9.17) is 4.74 Å². The van der Waals surface area contributed by atoms with Gasteiger partial charge < -0.3 is 20.3 Å². The lowest BCUT2D eigenvalue weighted by Gasteiger charge is -2.58. The van der Waals surface area contributed by atoms with Gasteiger partial charge in [-0.2, -0.15) is 0 Å². The fraction of sp³-hybridized carbons (Fsp3) is 0.591. The molecule has 5 aliphatic rings. The third kappa shape index (κ3) is 1.52. The van der Waals surface area contributed by atoms with Crippen molar-refractivity contribution in [1.82, 2.24) is 0 Å². The lowest BCUT2D eigenvalue weighted by atomic mass is 9.45. The number of quaternary nitrogens is 1. The molecule has 4 fully saturated rings. The Morgan fingerprint density at radius 3 is 2.86 bits per heavy atom.